The van der Waals surface area contributed by atoms with E-state index in [9.17, 15) is 9.59 Å². The molecule has 2 fully saturated rings. The highest BCUT2D eigenvalue weighted by Crippen LogP contribution is 2.52. The summed E-state index contributed by atoms with van der Waals surface area (Å²) < 4.78 is 11.2. The van der Waals surface area contributed by atoms with Crippen LogP contribution in [0, 0.1) is 18.8 Å². The minimum absolute atomic E-state index is 0.0359. The van der Waals surface area contributed by atoms with Crippen LogP contribution in [0.2, 0.25) is 0 Å². The predicted octanol–water partition coefficient (Wildman–Crippen LogP) is 0.756. The fraction of sp³-hybridized carbons (Fsp3) is 0.476. The predicted molar refractivity (Wildman–Crippen MR) is 104 cm³/mol. The summed E-state index contributed by atoms with van der Waals surface area (Å²) >= 11 is 0. The van der Waals surface area contributed by atoms with Gasteiger partial charge in [-0.2, -0.15) is 4.98 Å². The number of nitrogens with zero attached hydrogens (tertiary/aromatic N) is 5. The lowest BCUT2D eigenvalue weighted by atomic mass is 9.76. The first kappa shape index (κ1) is 18.9. The van der Waals surface area contributed by atoms with Gasteiger partial charge in [-0.05, 0) is 11.6 Å². The first-order valence-corrected chi connectivity index (χ1v) is 10.1. The number of hydrogen-bond donors (Lipinski definition) is 0. The van der Waals surface area contributed by atoms with E-state index in [1.54, 1.807) is 36.2 Å². The number of fused-ring (bicyclic) bond motifs is 1. The molecule has 3 aliphatic heterocycles. The molecule has 0 radical (unpaired) electrons. The summed E-state index contributed by atoms with van der Waals surface area (Å²) in [6.45, 7) is 3.08. The number of likely N-dealkylation sites (tertiary alicyclic amines) is 1. The molecule has 0 N–H and O–H groups in total. The van der Waals surface area contributed by atoms with Crippen molar-refractivity contribution < 1.29 is 18.8 Å². The van der Waals surface area contributed by atoms with Crippen LogP contribution in [0.25, 0.3) is 0 Å². The largest absolute Gasteiger partial charge is 0.360 e. The zero-order valence-corrected chi connectivity index (χ0v) is 16.9. The third kappa shape index (κ3) is 3.00. The molecule has 5 rings (SSSR count). The first-order valence-electron chi connectivity index (χ1n) is 10.1. The van der Waals surface area contributed by atoms with Crippen molar-refractivity contribution in [2.45, 2.75) is 31.6 Å². The summed E-state index contributed by atoms with van der Waals surface area (Å²) in [7, 11) is 1.74. The van der Waals surface area contributed by atoms with E-state index in [4.69, 9.17) is 9.26 Å². The molecule has 2 aromatic rings. The molecule has 1 spiro atoms. The first-order chi connectivity index (χ1) is 14.5. The topological polar surface area (TPSA) is 102 Å². The maximum atomic E-state index is 13.3. The summed E-state index contributed by atoms with van der Waals surface area (Å²) in [4.78, 5) is 38.3. The van der Waals surface area contributed by atoms with Gasteiger partial charge in [-0.3, -0.25) is 14.6 Å². The molecule has 2 aromatic heterocycles. The van der Waals surface area contributed by atoms with Gasteiger partial charge in [0.2, 0.25) is 17.7 Å². The molecule has 5 heterocycles. The lowest BCUT2D eigenvalue weighted by Crippen LogP contribution is -2.45. The second-order valence-electron chi connectivity index (χ2n) is 8.19. The Bertz CT molecular complexity index is 1010. The van der Waals surface area contributed by atoms with Gasteiger partial charge < -0.3 is 19.1 Å². The van der Waals surface area contributed by atoms with Crippen molar-refractivity contribution in [1.82, 2.24) is 24.9 Å². The van der Waals surface area contributed by atoms with E-state index in [1.807, 2.05) is 24.3 Å². The Balaban J connectivity index is 1.31. The Kier molecular flexibility index (Phi) is 4.43. The van der Waals surface area contributed by atoms with Crippen LogP contribution >= 0.6 is 0 Å². The van der Waals surface area contributed by atoms with E-state index in [0.717, 1.165) is 5.56 Å². The number of ether oxygens (including phenoxy) is 1. The molecule has 0 aliphatic carbocycles. The summed E-state index contributed by atoms with van der Waals surface area (Å²) in [5.74, 6) is -0.0747. The minimum Gasteiger partial charge on any atom is -0.360 e. The molecule has 9 nitrogen and oxygen atoms in total. The van der Waals surface area contributed by atoms with E-state index in [-0.39, 0.29) is 17.9 Å². The normalized spacial score (nSPS) is 28.9. The van der Waals surface area contributed by atoms with Crippen molar-refractivity contribution in [2.24, 2.45) is 11.8 Å². The summed E-state index contributed by atoms with van der Waals surface area (Å²) in [6.07, 6.45) is 7.48. The molecule has 9 heteroatoms. The molecule has 2 amide bonds. The van der Waals surface area contributed by atoms with Crippen LogP contribution in [-0.4, -0.2) is 68.6 Å². The van der Waals surface area contributed by atoms with Gasteiger partial charge in [0.15, 0.2) is 5.82 Å². The summed E-state index contributed by atoms with van der Waals surface area (Å²) in [6, 6.07) is 3.79. The zero-order valence-electron chi connectivity index (χ0n) is 16.9. The van der Waals surface area contributed by atoms with E-state index in [2.05, 4.69) is 15.1 Å². The van der Waals surface area contributed by atoms with Crippen LogP contribution < -0.4 is 0 Å². The van der Waals surface area contributed by atoms with Crippen LogP contribution in [0.15, 0.2) is 41.2 Å². The van der Waals surface area contributed by atoms with Gasteiger partial charge in [-0.1, -0.05) is 23.4 Å². The van der Waals surface area contributed by atoms with E-state index < -0.39 is 17.4 Å². The minimum atomic E-state index is -0.712. The molecule has 2 saturated heterocycles. The maximum absolute atomic E-state index is 13.3. The lowest BCUT2D eigenvalue weighted by molar-refractivity contribution is -0.142. The van der Waals surface area contributed by atoms with E-state index >= 15 is 0 Å². The van der Waals surface area contributed by atoms with E-state index in [1.165, 1.54) is 0 Å². The number of likely N-dealkylation sites (N-methyl/N-ethyl adjacent to an activating group) is 1. The van der Waals surface area contributed by atoms with Crippen molar-refractivity contribution in [2.75, 3.05) is 20.1 Å². The van der Waals surface area contributed by atoms with Gasteiger partial charge in [0.25, 0.3) is 0 Å². The monoisotopic (exact) mass is 409 g/mol. The van der Waals surface area contributed by atoms with Crippen molar-refractivity contribution >= 4 is 11.8 Å². The zero-order chi connectivity index (χ0) is 20.9. The molecule has 0 aromatic carbocycles. The molecular weight excluding hydrogens is 386 g/mol. The number of aromatic nitrogens is 3. The SMILES string of the molecule is Cc1nc(CCN(C)C(=O)[C@H]2[C@@H]3C=C[C@@]4(CN(Cc5cccnc5)C(=O)[C@H]24)O3)no1. The molecule has 4 atom stereocenters. The van der Waals surface area contributed by atoms with E-state index in [0.29, 0.717) is 37.8 Å². The van der Waals surface area contributed by atoms with Gasteiger partial charge >= 0.3 is 0 Å². The van der Waals surface area contributed by atoms with Gasteiger partial charge in [0, 0.05) is 45.9 Å². The molecule has 2 bridgehead atoms. The van der Waals surface area contributed by atoms with Crippen molar-refractivity contribution in [3.05, 3.63) is 54.0 Å². The second-order valence-corrected chi connectivity index (χ2v) is 8.19. The molecule has 0 unspecified atom stereocenters. The summed E-state index contributed by atoms with van der Waals surface area (Å²) in [5.41, 5.74) is 0.242. The fourth-order valence-electron chi connectivity index (χ4n) is 4.78. The number of pyridine rings is 1. The molecule has 0 saturated carbocycles. The van der Waals surface area contributed by atoms with Crippen molar-refractivity contribution in [3.8, 4) is 0 Å². The Morgan fingerprint density at radius 1 is 1.43 bits per heavy atom. The number of rotatable bonds is 6. The van der Waals surface area contributed by atoms with Gasteiger partial charge in [-0.25, -0.2) is 0 Å². The number of carbonyl (C=O) groups is 2. The Morgan fingerprint density at radius 3 is 3.03 bits per heavy atom. The van der Waals surface area contributed by atoms with Crippen LogP contribution in [0.1, 0.15) is 17.3 Å². The number of aryl methyl sites for hydroxylation is 1. The van der Waals surface area contributed by atoms with Crippen molar-refractivity contribution in [1.29, 1.82) is 0 Å². The summed E-state index contributed by atoms with van der Waals surface area (Å²) in [5, 5.41) is 3.87. The number of carbonyl (C=O) groups excluding carboxylic acids is 2. The van der Waals surface area contributed by atoms with Crippen LogP contribution in [0.3, 0.4) is 0 Å². The Morgan fingerprint density at radius 2 is 2.30 bits per heavy atom. The van der Waals surface area contributed by atoms with Gasteiger partial charge in [-0.15, -0.1) is 0 Å². The van der Waals surface area contributed by atoms with Crippen LogP contribution in [-0.2, 0) is 27.3 Å². The average Bonchev–Trinajstić information content (AvgIpc) is 3.48. The highest BCUT2D eigenvalue weighted by molar-refractivity contribution is 5.93. The number of hydrogen-bond acceptors (Lipinski definition) is 7. The lowest BCUT2D eigenvalue weighted by Gasteiger charge is -2.27. The highest BCUT2D eigenvalue weighted by atomic mass is 16.5. The van der Waals surface area contributed by atoms with Crippen LogP contribution in [0.4, 0.5) is 0 Å². The Hall–Kier alpha value is -3.07. The fourth-order valence-corrected chi connectivity index (χ4v) is 4.78. The molecule has 3 aliphatic rings. The van der Waals surface area contributed by atoms with Gasteiger partial charge in [0.1, 0.15) is 5.60 Å². The number of amides is 2. The second kappa shape index (κ2) is 7.02. The smallest absolute Gasteiger partial charge is 0.230 e. The maximum Gasteiger partial charge on any atom is 0.230 e. The molecular formula is C21H23N5O4. The third-order valence-electron chi connectivity index (χ3n) is 6.18. The Labute approximate surface area is 173 Å². The highest BCUT2D eigenvalue weighted by Gasteiger charge is 2.67. The third-order valence-corrected chi connectivity index (χ3v) is 6.18. The van der Waals surface area contributed by atoms with Gasteiger partial charge in [0.05, 0.1) is 24.5 Å². The van der Waals surface area contributed by atoms with Crippen molar-refractivity contribution in [3.63, 3.8) is 0 Å². The quantitative estimate of drug-likeness (QED) is 0.649. The molecule has 156 valence electrons. The standard InChI is InChI=1S/C21H23N5O4/c1-13-23-16(24-30-13)6-9-25(2)19(27)17-15-5-7-21(29-15)12-26(20(28)18(17)21)11-14-4-3-8-22-10-14/h3-5,7-8,10,15,17-18H,6,9,11-12H2,1-2H3/t15-,17-,18-,21-/m0/s1. The van der Waals surface area contributed by atoms with Crippen LogP contribution in [0.5, 0.6) is 0 Å². The molecule has 30 heavy (non-hydrogen) atoms. The average molecular weight is 409 g/mol.